The highest BCUT2D eigenvalue weighted by Crippen LogP contribution is 2.26. The van der Waals surface area contributed by atoms with Crippen molar-refractivity contribution in [1.82, 2.24) is 4.90 Å². The first-order valence-corrected chi connectivity index (χ1v) is 7.77. The Labute approximate surface area is 143 Å². The van der Waals surface area contributed by atoms with Crippen LogP contribution in [0.1, 0.15) is 17.2 Å². The molecule has 0 spiro atoms. The molecule has 1 heterocycles. The van der Waals surface area contributed by atoms with Gasteiger partial charge in [-0.25, -0.2) is 8.78 Å². The van der Waals surface area contributed by atoms with E-state index >= 15 is 0 Å². The Morgan fingerprint density at radius 1 is 1.04 bits per heavy atom. The summed E-state index contributed by atoms with van der Waals surface area (Å²) in [7, 11) is 0. The van der Waals surface area contributed by atoms with Crippen LogP contribution in [-0.4, -0.2) is 36.5 Å². The lowest BCUT2D eigenvalue weighted by Crippen LogP contribution is -2.36. The number of hydrogen-bond donors (Lipinski definition) is 1. The number of ether oxygens (including phenoxy) is 1. The lowest BCUT2D eigenvalue weighted by Gasteiger charge is -2.22. The minimum absolute atomic E-state index is 0.132. The second-order valence-electron chi connectivity index (χ2n) is 5.64. The van der Waals surface area contributed by atoms with Crippen LogP contribution in [-0.2, 0) is 9.53 Å². The highest BCUT2D eigenvalue weighted by atomic mass is 19.1. The van der Waals surface area contributed by atoms with Gasteiger partial charge >= 0.3 is 0 Å². The van der Waals surface area contributed by atoms with Crippen LogP contribution in [0.3, 0.4) is 0 Å². The van der Waals surface area contributed by atoms with E-state index in [9.17, 15) is 13.6 Å². The molecule has 0 bridgehead atoms. The second-order valence-corrected chi connectivity index (χ2v) is 5.64. The first kappa shape index (κ1) is 17.0. The fourth-order valence-electron chi connectivity index (χ4n) is 2.61. The van der Waals surface area contributed by atoms with Crippen molar-refractivity contribution in [1.29, 1.82) is 0 Å². The molecular weight excluding hydrogens is 328 g/mol. The normalized spacial score (nSPS) is 14.3. The molecular formula is C18H17F2N3O2. The standard InChI is InChI=1S/C18H17F2N3O2/c19-14-5-1-12(2-6-14)17(13-3-7-15(20)8-4-13)25-10-9-23-11-16(24)22-18(23)21/h1-8,17H,9-11H2,(H2,21,22,24). The Bertz CT molecular complexity index is 730. The maximum absolute atomic E-state index is 13.2. The quantitative estimate of drug-likeness (QED) is 0.872. The summed E-state index contributed by atoms with van der Waals surface area (Å²) in [6, 6.07) is 11.9. The Kier molecular flexibility index (Phi) is 5.04. The third-order valence-electron chi connectivity index (χ3n) is 3.88. The van der Waals surface area contributed by atoms with Crippen LogP contribution in [0, 0.1) is 11.6 Å². The molecule has 25 heavy (non-hydrogen) atoms. The van der Waals surface area contributed by atoms with E-state index in [-0.39, 0.29) is 36.7 Å². The van der Waals surface area contributed by atoms with Crippen molar-refractivity contribution in [2.24, 2.45) is 10.7 Å². The van der Waals surface area contributed by atoms with E-state index in [4.69, 9.17) is 10.5 Å². The van der Waals surface area contributed by atoms with E-state index in [0.717, 1.165) is 11.1 Å². The zero-order valence-corrected chi connectivity index (χ0v) is 13.4. The first-order chi connectivity index (χ1) is 12.0. The molecule has 1 aliphatic heterocycles. The lowest BCUT2D eigenvalue weighted by molar-refractivity contribution is -0.117. The summed E-state index contributed by atoms with van der Waals surface area (Å²) in [6.07, 6.45) is -0.488. The Morgan fingerprint density at radius 2 is 1.56 bits per heavy atom. The van der Waals surface area contributed by atoms with Gasteiger partial charge in [0, 0.05) is 6.54 Å². The maximum atomic E-state index is 13.2. The molecule has 0 aliphatic carbocycles. The summed E-state index contributed by atoms with van der Waals surface area (Å²) < 4.78 is 32.3. The van der Waals surface area contributed by atoms with E-state index in [1.165, 1.54) is 24.3 Å². The smallest absolute Gasteiger partial charge is 0.268 e. The number of hydrogen-bond acceptors (Lipinski definition) is 4. The number of carbonyl (C=O) groups excluding carboxylic acids is 1. The molecule has 3 rings (SSSR count). The number of nitrogens with zero attached hydrogens (tertiary/aromatic N) is 2. The van der Waals surface area contributed by atoms with Crippen molar-refractivity contribution in [3.8, 4) is 0 Å². The van der Waals surface area contributed by atoms with Crippen molar-refractivity contribution in [2.75, 3.05) is 19.7 Å². The van der Waals surface area contributed by atoms with Gasteiger partial charge in [0.1, 0.15) is 24.3 Å². The summed E-state index contributed by atoms with van der Waals surface area (Å²) in [5.41, 5.74) is 7.14. The van der Waals surface area contributed by atoms with Gasteiger partial charge in [-0.05, 0) is 35.4 Å². The number of aliphatic imine (C=N–C) groups is 1. The van der Waals surface area contributed by atoms with Crippen molar-refractivity contribution >= 4 is 11.9 Å². The topological polar surface area (TPSA) is 67.9 Å². The Balaban J connectivity index is 1.72. The molecule has 130 valence electrons. The molecule has 2 aromatic carbocycles. The summed E-state index contributed by atoms with van der Waals surface area (Å²) in [4.78, 5) is 16.5. The largest absolute Gasteiger partial charge is 0.369 e. The molecule has 7 heteroatoms. The van der Waals surface area contributed by atoms with Crippen molar-refractivity contribution in [3.63, 3.8) is 0 Å². The van der Waals surface area contributed by atoms with Gasteiger partial charge in [-0.15, -0.1) is 0 Å². The summed E-state index contributed by atoms with van der Waals surface area (Å²) in [5.74, 6) is -0.804. The zero-order valence-electron chi connectivity index (χ0n) is 13.4. The Hall–Kier alpha value is -2.80. The number of guanidine groups is 1. The molecule has 0 saturated carbocycles. The molecule has 0 unspecified atom stereocenters. The van der Waals surface area contributed by atoms with Crippen molar-refractivity contribution < 1.29 is 18.3 Å². The average molecular weight is 345 g/mol. The fourth-order valence-corrected chi connectivity index (χ4v) is 2.61. The predicted octanol–water partition coefficient (Wildman–Crippen LogP) is 2.23. The summed E-state index contributed by atoms with van der Waals surface area (Å²) in [6.45, 7) is 0.788. The van der Waals surface area contributed by atoms with Gasteiger partial charge < -0.3 is 15.4 Å². The number of rotatable bonds is 6. The molecule has 2 aromatic rings. The number of halogens is 2. The summed E-state index contributed by atoms with van der Waals surface area (Å²) >= 11 is 0. The van der Waals surface area contributed by atoms with Crippen LogP contribution in [0.4, 0.5) is 8.78 Å². The molecule has 1 aliphatic rings. The molecule has 0 aromatic heterocycles. The lowest BCUT2D eigenvalue weighted by atomic mass is 10.0. The summed E-state index contributed by atoms with van der Waals surface area (Å²) in [5, 5.41) is 0. The van der Waals surface area contributed by atoms with Crippen molar-refractivity contribution in [3.05, 3.63) is 71.3 Å². The van der Waals surface area contributed by atoms with Gasteiger partial charge in [0.05, 0.1) is 6.61 Å². The van der Waals surface area contributed by atoms with Crippen LogP contribution in [0.2, 0.25) is 0 Å². The number of benzene rings is 2. The van der Waals surface area contributed by atoms with Crippen molar-refractivity contribution in [2.45, 2.75) is 6.10 Å². The highest BCUT2D eigenvalue weighted by Gasteiger charge is 2.21. The molecule has 0 fully saturated rings. The monoisotopic (exact) mass is 345 g/mol. The third kappa shape index (κ3) is 4.19. The minimum Gasteiger partial charge on any atom is -0.369 e. The van der Waals surface area contributed by atoms with E-state index in [1.807, 2.05) is 0 Å². The molecule has 0 atom stereocenters. The average Bonchev–Trinajstić information content (AvgIpc) is 2.91. The van der Waals surface area contributed by atoms with E-state index in [1.54, 1.807) is 29.2 Å². The highest BCUT2D eigenvalue weighted by molar-refractivity contribution is 5.99. The van der Waals surface area contributed by atoms with Crippen LogP contribution in [0.5, 0.6) is 0 Å². The maximum Gasteiger partial charge on any atom is 0.268 e. The first-order valence-electron chi connectivity index (χ1n) is 7.77. The molecule has 0 saturated heterocycles. The number of amides is 1. The van der Waals surface area contributed by atoms with Gasteiger partial charge in [-0.3, -0.25) is 4.79 Å². The SMILES string of the molecule is NC1=NC(=O)CN1CCOC(c1ccc(F)cc1)c1ccc(F)cc1. The zero-order chi connectivity index (χ0) is 17.8. The van der Waals surface area contributed by atoms with Gasteiger partial charge in [0.15, 0.2) is 5.96 Å². The molecule has 5 nitrogen and oxygen atoms in total. The van der Waals surface area contributed by atoms with Crippen LogP contribution in [0.15, 0.2) is 53.5 Å². The van der Waals surface area contributed by atoms with Gasteiger partial charge in [-0.1, -0.05) is 24.3 Å². The third-order valence-corrected chi connectivity index (χ3v) is 3.88. The fraction of sp³-hybridized carbons (Fsp3) is 0.222. The van der Waals surface area contributed by atoms with Gasteiger partial charge in [0.2, 0.25) is 0 Å². The predicted molar refractivity (Wildman–Crippen MR) is 88.8 cm³/mol. The van der Waals surface area contributed by atoms with Gasteiger partial charge in [0.25, 0.3) is 5.91 Å². The van der Waals surface area contributed by atoms with Crippen LogP contribution < -0.4 is 5.73 Å². The number of nitrogens with two attached hydrogens (primary N) is 1. The van der Waals surface area contributed by atoms with E-state index in [2.05, 4.69) is 4.99 Å². The number of carbonyl (C=O) groups is 1. The second kappa shape index (κ2) is 7.40. The van der Waals surface area contributed by atoms with Crippen LogP contribution >= 0.6 is 0 Å². The minimum atomic E-state index is -0.488. The van der Waals surface area contributed by atoms with Gasteiger partial charge in [-0.2, -0.15) is 4.99 Å². The van der Waals surface area contributed by atoms with E-state index < -0.39 is 6.10 Å². The van der Waals surface area contributed by atoms with Crippen LogP contribution in [0.25, 0.3) is 0 Å². The van der Waals surface area contributed by atoms with E-state index in [0.29, 0.717) is 6.54 Å². The Morgan fingerprint density at radius 3 is 2.00 bits per heavy atom. The molecule has 1 amide bonds. The molecule has 2 N–H and O–H groups in total. The molecule has 0 radical (unpaired) electrons.